The molecule has 1 N–H and O–H groups in total. The van der Waals surface area contributed by atoms with E-state index >= 15 is 0 Å². The lowest BCUT2D eigenvalue weighted by Gasteiger charge is -2.04. The number of hydrogen-bond donors (Lipinski definition) is 1. The Balaban J connectivity index is 1.57. The van der Waals surface area contributed by atoms with E-state index in [0.717, 1.165) is 24.1 Å². The van der Waals surface area contributed by atoms with E-state index in [2.05, 4.69) is 32.6 Å². The van der Waals surface area contributed by atoms with Gasteiger partial charge in [-0.15, -0.1) is 10.2 Å². The minimum Gasteiger partial charge on any atom is -0.334 e. The van der Waals surface area contributed by atoms with Crippen molar-refractivity contribution in [2.45, 2.75) is 26.2 Å². The minimum atomic E-state index is -0.163. The van der Waals surface area contributed by atoms with E-state index in [4.69, 9.17) is 4.52 Å². The molecule has 0 aliphatic heterocycles. The summed E-state index contributed by atoms with van der Waals surface area (Å²) in [6.45, 7) is 2.06. The summed E-state index contributed by atoms with van der Waals surface area (Å²) in [7, 11) is 0. The molecule has 0 spiro atoms. The zero-order valence-corrected chi connectivity index (χ0v) is 14.8. The third-order valence-corrected chi connectivity index (χ3v) is 4.04. The zero-order valence-electron chi connectivity index (χ0n) is 14.8. The first-order chi connectivity index (χ1) is 13.2. The fourth-order valence-corrected chi connectivity index (χ4v) is 2.75. The Morgan fingerprint density at radius 3 is 2.81 bits per heavy atom. The second kappa shape index (κ2) is 7.36. The zero-order chi connectivity index (χ0) is 18.6. The number of carbonyl (C=O) groups excluding carboxylic acids is 1. The number of nitrogens with zero attached hydrogens (tertiary/aromatic N) is 5. The van der Waals surface area contributed by atoms with Gasteiger partial charge in [-0.2, -0.15) is 4.98 Å². The van der Waals surface area contributed by atoms with Crippen molar-refractivity contribution < 1.29 is 9.32 Å². The number of para-hydroxylation sites is 1. The number of aromatic nitrogens is 5. The number of anilines is 1. The molecule has 0 radical (unpaired) electrons. The number of carbonyl (C=O) groups is 1. The molecule has 8 heteroatoms. The fourth-order valence-electron chi connectivity index (χ4n) is 2.75. The third-order valence-electron chi connectivity index (χ3n) is 4.04. The first-order valence-electron chi connectivity index (χ1n) is 8.74. The first kappa shape index (κ1) is 16.9. The standard InChI is InChI=1S/C19H18N6O2/c1-2-6-15-21-19(27-24-15)13-9-10-16-22-23-17(25(16)12-13)11-18(26)20-14-7-4-3-5-8-14/h3-5,7-10,12H,2,6,11H2,1H3,(H,20,26). The van der Waals surface area contributed by atoms with Gasteiger partial charge in [0, 0.05) is 18.3 Å². The van der Waals surface area contributed by atoms with E-state index < -0.39 is 0 Å². The summed E-state index contributed by atoms with van der Waals surface area (Å²) in [5, 5.41) is 15.1. The second-order valence-corrected chi connectivity index (χ2v) is 6.12. The maximum absolute atomic E-state index is 12.3. The molecule has 3 aromatic heterocycles. The molecule has 136 valence electrons. The maximum atomic E-state index is 12.3. The van der Waals surface area contributed by atoms with E-state index in [1.54, 1.807) is 4.40 Å². The summed E-state index contributed by atoms with van der Waals surface area (Å²) in [5.41, 5.74) is 2.14. The molecule has 1 aromatic carbocycles. The Bertz CT molecular complexity index is 1070. The van der Waals surface area contributed by atoms with Gasteiger partial charge in [0.2, 0.25) is 5.91 Å². The molecule has 0 bridgehead atoms. The molecule has 8 nitrogen and oxygen atoms in total. The molecule has 0 saturated carbocycles. The number of hydrogen-bond acceptors (Lipinski definition) is 6. The van der Waals surface area contributed by atoms with Gasteiger partial charge in [-0.25, -0.2) is 0 Å². The number of aryl methyl sites for hydroxylation is 1. The van der Waals surface area contributed by atoms with Crippen molar-refractivity contribution in [1.29, 1.82) is 0 Å². The molecule has 0 atom stereocenters. The molecule has 0 fully saturated rings. The van der Waals surface area contributed by atoms with Gasteiger partial charge in [0.25, 0.3) is 5.89 Å². The smallest absolute Gasteiger partial charge is 0.259 e. The monoisotopic (exact) mass is 362 g/mol. The van der Waals surface area contributed by atoms with Crippen molar-refractivity contribution >= 4 is 17.2 Å². The molecular formula is C19H18N6O2. The average molecular weight is 362 g/mol. The predicted molar refractivity (Wildman–Crippen MR) is 99.0 cm³/mol. The molecular weight excluding hydrogens is 344 g/mol. The van der Waals surface area contributed by atoms with Gasteiger partial charge in [-0.05, 0) is 30.7 Å². The highest BCUT2D eigenvalue weighted by Crippen LogP contribution is 2.19. The van der Waals surface area contributed by atoms with E-state index in [1.807, 2.05) is 48.7 Å². The maximum Gasteiger partial charge on any atom is 0.259 e. The van der Waals surface area contributed by atoms with Gasteiger partial charge in [-0.3, -0.25) is 9.20 Å². The molecule has 0 unspecified atom stereocenters. The molecule has 3 heterocycles. The number of nitrogens with one attached hydrogen (secondary N) is 1. The van der Waals surface area contributed by atoms with E-state index in [9.17, 15) is 4.79 Å². The van der Waals surface area contributed by atoms with E-state index in [0.29, 0.717) is 23.2 Å². The lowest BCUT2D eigenvalue weighted by atomic mass is 10.2. The molecule has 27 heavy (non-hydrogen) atoms. The summed E-state index contributed by atoms with van der Waals surface area (Å²) in [4.78, 5) is 16.7. The minimum absolute atomic E-state index is 0.102. The Morgan fingerprint density at radius 2 is 2.00 bits per heavy atom. The number of rotatable bonds is 6. The van der Waals surface area contributed by atoms with Gasteiger partial charge in [0.15, 0.2) is 11.5 Å². The van der Waals surface area contributed by atoms with Crippen LogP contribution in [0.1, 0.15) is 25.0 Å². The Kier molecular flexibility index (Phi) is 4.61. The van der Waals surface area contributed by atoms with Crippen LogP contribution in [0.5, 0.6) is 0 Å². The predicted octanol–water partition coefficient (Wildman–Crippen LogP) is 2.91. The lowest BCUT2D eigenvalue weighted by Crippen LogP contribution is -2.16. The van der Waals surface area contributed by atoms with Crippen LogP contribution in [0.15, 0.2) is 53.2 Å². The first-order valence-corrected chi connectivity index (χ1v) is 8.74. The number of benzene rings is 1. The van der Waals surface area contributed by atoms with Crippen molar-refractivity contribution in [1.82, 2.24) is 24.7 Å². The van der Waals surface area contributed by atoms with Crippen LogP contribution < -0.4 is 5.32 Å². The van der Waals surface area contributed by atoms with E-state index in [1.165, 1.54) is 0 Å². The molecule has 4 rings (SSSR count). The van der Waals surface area contributed by atoms with Crippen LogP contribution in [-0.2, 0) is 17.6 Å². The number of fused-ring (bicyclic) bond motifs is 1. The topological polar surface area (TPSA) is 98.2 Å². The van der Waals surface area contributed by atoms with E-state index in [-0.39, 0.29) is 12.3 Å². The van der Waals surface area contributed by atoms with Gasteiger partial charge >= 0.3 is 0 Å². The average Bonchev–Trinajstić information content (AvgIpc) is 3.30. The van der Waals surface area contributed by atoms with Crippen molar-refractivity contribution in [2.24, 2.45) is 0 Å². The highest BCUT2D eigenvalue weighted by molar-refractivity contribution is 5.91. The van der Waals surface area contributed by atoms with Gasteiger partial charge in [0.1, 0.15) is 5.82 Å². The summed E-state index contributed by atoms with van der Waals surface area (Å²) >= 11 is 0. The van der Waals surface area contributed by atoms with Crippen LogP contribution in [-0.4, -0.2) is 30.6 Å². The number of amides is 1. The second-order valence-electron chi connectivity index (χ2n) is 6.12. The van der Waals surface area contributed by atoms with Crippen molar-refractivity contribution in [2.75, 3.05) is 5.32 Å². The highest BCUT2D eigenvalue weighted by Gasteiger charge is 2.14. The summed E-state index contributed by atoms with van der Waals surface area (Å²) in [6.07, 6.45) is 3.63. The summed E-state index contributed by atoms with van der Waals surface area (Å²) in [5.74, 6) is 1.49. The van der Waals surface area contributed by atoms with Crippen molar-refractivity contribution in [3.63, 3.8) is 0 Å². The largest absolute Gasteiger partial charge is 0.334 e. The van der Waals surface area contributed by atoms with Crippen molar-refractivity contribution in [3.8, 4) is 11.5 Å². The summed E-state index contributed by atoms with van der Waals surface area (Å²) in [6, 6.07) is 13.0. The van der Waals surface area contributed by atoms with Crippen LogP contribution >= 0.6 is 0 Å². The normalized spacial score (nSPS) is 11.0. The fraction of sp³-hybridized carbons (Fsp3) is 0.211. The van der Waals surface area contributed by atoms with Crippen LogP contribution in [0.25, 0.3) is 17.1 Å². The van der Waals surface area contributed by atoms with Crippen LogP contribution in [0.4, 0.5) is 5.69 Å². The summed E-state index contributed by atoms with van der Waals surface area (Å²) < 4.78 is 7.10. The molecule has 0 aliphatic rings. The Hall–Kier alpha value is -3.55. The Labute approximate surface area is 155 Å². The third kappa shape index (κ3) is 3.69. The highest BCUT2D eigenvalue weighted by atomic mass is 16.5. The SMILES string of the molecule is CCCc1noc(-c2ccc3nnc(CC(=O)Nc4ccccc4)n3c2)n1. The number of pyridine rings is 1. The van der Waals surface area contributed by atoms with Crippen LogP contribution in [0, 0.1) is 0 Å². The molecule has 4 aromatic rings. The van der Waals surface area contributed by atoms with Crippen LogP contribution in [0.2, 0.25) is 0 Å². The quantitative estimate of drug-likeness (QED) is 0.566. The van der Waals surface area contributed by atoms with Crippen LogP contribution in [0.3, 0.4) is 0 Å². The van der Waals surface area contributed by atoms with Crippen molar-refractivity contribution in [3.05, 3.63) is 60.3 Å². The lowest BCUT2D eigenvalue weighted by molar-refractivity contribution is -0.115. The van der Waals surface area contributed by atoms with Gasteiger partial charge in [0.05, 0.1) is 12.0 Å². The molecule has 0 saturated heterocycles. The molecule has 1 amide bonds. The van der Waals surface area contributed by atoms with Gasteiger partial charge < -0.3 is 9.84 Å². The Morgan fingerprint density at radius 1 is 1.15 bits per heavy atom. The van der Waals surface area contributed by atoms with Gasteiger partial charge in [-0.1, -0.05) is 30.3 Å². The molecule has 0 aliphatic carbocycles.